The van der Waals surface area contributed by atoms with Gasteiger partial charge < -0.3 is 4.74 Å². The van der Waals surface area contributed by atoms with E-state index < -0.39 is 0 Å². The van der Waals surface area contributed by atoms with Crippen LogP contribution in [0.4, 0.5) is 0 Å². The lowest BCUT2D eigenvalue weighted by atomic mass is 9.29. The van der Waals surface area contributed by atoms with E-state index in [4.69, 9.17) is 4.74 Å². The second-order valence-corrected chi connectivity index (χ2v) is 10.2. The van der Waals surface area contributed by atoms with E-state index in [2.05, 4.69) is 45.9 Å². The van der Waals surface area contributed by atoms with Gasteiger partial charge in [0.1, 0.15) is 5.75 Å². The van der Waals surface area contributed by atoms with E-state index in [0.29, 0.717) is 24.9 Å². The molecule has 0 amide bonds. The highest BCUT2D eigenvalue weighted by Gasteiger charge is 2.36. The summed E-state index contributed by atoms with van der Waals surface area (Å²) in [5, 5.41) is 0. The Kier molecular flexibility index (Phi) is 8.27. The SMILES string of the molecule is CC(C)c1cccc(C(C)C)c1OC(=O)CB(C1CCCCC1)C1CCCCC1. The van der Waals surface area contributed by atoms with Crippen LogP contribution in [0.25, 0.3) is 0 Å². The summed E-state index contributed by atoms with van der Waals surface area (Å²) in [5.74, 6) is 3.00. The normalized spacial score (nSPS) is 19.0. The Hall–Kier alpha value is -1.25. The maximum Gasteiger partial charge on any atom is 0.303 e. The number of benzene rings is 1. The Bertz CT molecular complexity index is 610. The van der Waals surface area contributed by atoms with Crippen LogP contribution in [0.5, 0.6) is 5.75 Å². The zero-order valence-corrected chi connectivity index (χ0v) is 19.2. The molecule has 0 spiro atoms. The molecule has 0 aromatic heterocycles. The fraction of sp³-hybridized carbons (Fsp3) is 0.731. The van der Waals surface area contributed by atoms with Gasteiger partial charge in [-0.25, -0.2) is 0 Å². The maximum absolute atomic E-state index is 13.2. The summed E-state index contributed by atoms with van der Waals surface area (Å²) >= 11 is 0. The summed E-state index contributed by atoms with van der Waals surface area (Å²) in [5.41, 5.74) is 2.33. The van der Waals surface area contributed by atoms with Gasteiger partial charge >= 0.3 is 5.97 Å². The lowest BCUT2D eigenvalue weighted by Crippen LogP contribution is -2.33. The van der Waals surface area contributed by atoms with E-state index in [1.165, 1.54) is 64.2 Å². The van der Waals surface area contributed by atoms with Crippen molar-refractivity contribution in [1.82, 2.24) is 0 Å². The molecule has 3 heteroatoms. The minimum Gasteiger partial charge on any atom is -0.426 e. The molecule has 0 radical (unpaired) electrons. The van der Waals surface area contributed by atoms with Gasteiger partial charge in [0.05, 0.1) is 0 Å². The van der Waals surface area contributed by atoms with Crippen LogP contribution in [0.1, 0.15) is 115 Å². The molecule has 2 nitrogen and oxygen atoms in total. The monoisotopic (exact) mass is 396 g/mol. The Balaban J connectivity index is 1.78. The van der Waals surface area contributed by atoms with Crippen molar-refractivity contribution < 1.29 is 9.53 Å². The van der Waals surface area contributed by atoms with Gasteiger partial charge in [-0.1, -0.05) is 122 Å². The van der Waals surface area contributed by atoms with E-state index in [9.17, 15) is 4.79 Å². The Morgan fingerprint density at radius 1 is 0.862 bits per heavy atom. The van der Waals surface area contributed by atoms with Gasteiger partial charge in [0.25, 0.3) is 0 Å². The first-order valence-electron chi connectivity index (χ1n) is 12.3. The molecule has 3 rings (SSSR count). The molecule has 0 saturated heterocycles. The number of carbonyl (C=O) groups excluding carboxylic acids is 1. The van der Waals surface area contributed by atoms with Crippen molar-refractivity contribution in [1.29, 1.82) is 0 Å². The first kappa shape index (κ1) is 22.4. The highest BCUT2D eigenvalue weighted by atomic mass is 16.5. The van der Waals surface area contributed by atoms with Gasteiger partial charge in [-0.3, -0.25) is 4.79 Å². The van der Waals surface area contributed by atoms with Gasteiger partial charge in [0.2, 0.25) is 0 Å². The van der Waals surface area contributed by atoms with E-state index in [1.807, 2.05) is 0 Å². The maximum atomic E-state index is 13.2. The summed E-state index contributed by atoms with van der Waals surface area (Å²) in [6, 6.07) is 6.35. The smallest absolute Gasteiger partial charge is 0.303 e. The molecule has 1 aromatic carbocycles. The fourth-order valence-electron chi connectivity index (χ4n) is 5.79. The van der Waals surface area contributed by atoms with Crippen LogP contribution in [-0.2, 0) is 4.79 Å². The van der Waals surface area contributed by atoms with Crippen molar-refractivity contribution in [2.45, 2.75) is 122 Å². The van der Waals surface area contributed by atoms with Crippen LogP contribution < -0.4 is 4.74 Å². The number of carbonyl (C=O) groups is 1. The van der Waals surface area contributed by atoms with Crippen LogP contribution >= 0.6 is 0 Å². The molecule has 0 N–H and O–H groups in total. The van der Waals surface area contributed by atoms with Crippen molar-refractivity contribution >= 4 is 12.7 Å². The van der Waals surface area contributed by atoms with Gasteiger partial charge in [0.15, 0.2) is 6.71 Å². The lowest BCUT2D eigenvalue weighted by Gasteiger charge is -2.35. The molecule has 2 fully saturated rings. The van der Waals surface area contributed by atoms with Crippen LogP contribution in [0, 0.1) is 0 Å². The van der Waals surface area contributed by atoms with Crippen molar-refractivity contribution in [2.75, 3.05) is 0 Å². The average Bonchev–Trinajstić information content (AvgIpc) is 2.73. The van der Waals surface area contributed by atoms with Crippen molar-refractivity contribution in [3.05, 3.63) is 29.3 Å². The van der Waals surface area contributed by atoms with Crippen molar-refractivity contribution in [2.24, 2.45) is 0 Å². The molecule has 160 valence electrons. The first-order valence-corrected chi connectivity index (χ1v) is 12.3. The number of hydrogen-bond acceptors (Lipinski definition) is 2. The zero-order valence-electron chi connectivity index (χ0n) is 19.2. The Labute approximate surface area is 179 Å². The standard InChI is InChI=1S/C26H41BO2/c1-19(2)23-16-11-17-24(20(3)4)26(23)29-25(28)18-27(21-12-7-5-8-13-21)22-14-9-6-10-15-22/h11,16-17,19-22H,5-10,12-15,18H2,1-4H3. The van der Waals surface area contributed by atoms with Gasteiger partial charge in [0, 0.05) is 6.32 Å². The highest BCUT2D eigenvalue weighted by Crippen LogP contribution is 2.43. The zero-order chi connectivity index (χ0) is 20.8. The minimum atomic E-state index is 0.00106. The van der Waals surface area contributed by atoms with Gasteiger partial charge in [-0.2, -0.15) is 0 Å². The molecular weight excluding hydrogens is 355 g/mol. The summed E-state index contributed by atoms with van der Waals surface area (Å²) < 4.78 is 6.17. The predicted molar refractivity (Wildman–Crippen MR) is 124 cm³/mol. The van der Waals surface area contributed by atoms with E-state index in [1.54, 1.807) is 0 Å². The number of ether oxygens (including phenoxy) is 1. The highest BCUT2D eigenvalue weighted by molar-refractivity contribution is 6.65. The van der Waals surface area contributed by atoms with Crippen LogP contribution in [0.2, 0.25) is 18.0 Å². The molecule has 29 heavy (non-hydrogen) atoms. The quantitative estimate of drug-likeness (QED) is 0.265. The van der Waals surface area contributed by atoms with Crippen LogP contribution in [0.3, 0.4) is 0 Å². The molecular formula is C26H41BO2. The summed E-state index contributed by atoms with van der Waals surface area (Å²) in [6.07, 6.45) is 14.0. The van der Waals surface area contributed by atoms with Crippen molar-refractivity contribution in [3.8, 4) is 5.75 Å². The fourth-order valence-corrected chi connectivity index (χ4v) is 5.79. The second-order valence-electron chi connectivity index (χ2n) is 10.2. The predicted octanol–water partition coefficient (Wildman–Crippen LogP) is 8.00. The number of rotatable bonds is 7. The molecule has 0 heterocycles. The minimum absolute atomic E-state index is 0.00106. The molecule has 2 saturated carbocycles. The molecule has 0 bridgehead atoms. The third-order valence-electron chi connectivity index (χ3n) is 7.45. The van der Waals surface area contributed by atoms with Crippen molar-refractivity contribution in [3.63, 3.8) is 0 Å². The summed E-state index contributed by atoms with van der Waals surface area (Å²) in [4.78, 5) is 13.2. The molecule has 0 aliphatic heterocycles. The summed E-state index contributed by atoms with van der Waals surface area (Å²) in [6.45, 7) is 9.26. The molecule has 2 aliphatic rings. The number of para-hydroxylation sites is 1. The topological polar surface area (TPSA) is 26.3 Å². The van der Waals surface area contributed by atoms with Crippen LogP contribution in [-0.4, -0.2) is 12.7 Å². The average molecular weight is 396 g/mol. The molecule has 0 unspecified atom stereocenters. The first-order chi connectivity index (χ1) is 14.0. The van der Waals surface area contributed by atoms with E-state index in [0.717, 1.165) is 28.5 Å². The Morgan fingerprint density at radius 3 is 1.72 bits per heavy atom. The van der Waals surface area contributed by atoms with Gasteiger partial charge in [-0.15, -0.1) is 0 Å². The number of esters is 1. The third kappa shape index (κ3) is 5.89. The van der Waals surface area contributed by atoms with Crippen LogP contribution in [0.15, 0.2) is 18.2 Å². The second kappa shape index (κ2) is 10.7. The largest absolute Gasteiger partial charge is 0.426 e. The Morgan fingerprint density at radius 2 is 1.31 bits per heavy atom. The molecule has 2 aliphatic carbocycles. The van der Waals surface area contributed by atoms with E-state index in [-0.39, 0.29) is 5.97 Å². The van der Waals surface area contributed by atoms with Gasteiger partial charge in [-0.05, 0) is 23.0 Å². The third-order valence-corrected chi connectivity index (χ3v) is 7.45. The lowest BCUT2D eigenvalue weighted by molar-refractivity contribution is -0.132. The molecule has 0 atom stereocenters. The number of hydrogen-bond donors (Lipinski definition) is 0. The molecule has 1 aromatic rings. The summed E-state index contributed by atoms with van der Waals surface area (Å²) in [7, 11) is 0. The van der Waals surface area contributed by atoms with E-state index >= 15 is 0 Å².